The second-order valence-electron chi connectivity index (χ2n) is 12.3. The van der Waals surface area contributed by atoms with Crippen molar-refractivity contribution in [3.05, 3.63) is 0 Å². The van der Waals surface area contributed by atoms with Crippen molar-refractivity contribution in [2.24, 2.45) is 0 Å². The molecule has 0 rings (SSSR count). The van der Waals surface area contributed by atoms with Gasteiger partial charge in [-0.05, 0) is 0 Å². The zero-order chi connectivity index (χ0) is 26.7. The van der Waals surface area contributed by atoms with Gasteiger partial charge in [0.2, 0.25) is 0 Å². The standard InChI is InChI=1S/C36H74As/c1-3-5-7-9-11-13-15-17-19-21-23-25-27-29-31-33-35-37-36-34-32-30-28-26-24-22-20-18-16-14-12-10-8-6-4-2/h3-36H2,1-2H3. The van der Waals surface area contributed by atoms with Crippen molar-refractivity contribution in [3.8, 4) is 0 Å². The second kappa shape index (κ2) is 36.6. The van der Waals surface area contributed by atoms with Crippen LogP contribution in [0.15, 0.2) is 0 Å². The summed E-state index contributed by atoms with van der Waals surface area (Å²) in [6.07, 6.45) is 47.6. The van der Waals surface area contributed by atoms with Gasteiger partial charge < -0.3 is 0 Å². The van der Waals surface area contributed by atoms with Gasteiger partial charge in [-0.3, -0.25) is 0 Å². The molecule has 0 aliphatic carbocycles. The first-order chi connectivity index (χ1) is 18.4. The molecule has 0 spiro atoms. The van der Waals surface area contributed by atoms with Gasteiger partial charge in [-0.1, -0.05) is 78.1 Å². The summed E-state index contributed by atoms with van der Waals surface area (Å²) < 4.78 is 0. The molecule has 0 aliphatic heterocycles. The van der Waals surface area contributed by atoms with E-state index < -0.39 is 0 Å². The van der Waals surface area contributed by atoms with Crippen LogP contribution in [0.4, 0.5) is 0 Å². The Kier molecular flexibility index (Phi) is 37.1. The Balaban J connectivity index is 3.00. The maximum absolute atomic E-state index is 2.31. The van der Waals surface area contributed by atoms with E-state index in [4.69, 9.17) is 0 Å². The molecule has 1 heteroatoms. The summed E-state index contributed by atoms with van der Waals surface area (Å²) in [5.74, 6) is 0. The topological polar surface area (TPSA) is 0 Å². The van der Waals surface area contributed by atoms with Crippen molar-refractivity contribution in [1.82, 2.24) is 0 Å². The molecule has 0 bridgehead atoms. The fourth-order valence-electron chi connectivity index (χ4n) is 5.66. The van der Waals surface area contributed by atoms with Gasteiger partial charge in [0, 0.05) is 0 Å². The van der Waals surface area contributed by atoms with Gasteiger partial charge in [0.05, 0.1) is 0 Å². The fraction of sp³-hybridized carbons (Fsp3) is 1.00. The van der Waals surface area contributed by atoms with E-state index in [1.165, 1.54) is 205 Å². The average molecular weight is 582 g/mol. The van der Waals surface area contributed by atoms with E-state index in [-0.39, 0.29) is 0 Å². The van der Waals surface area contributed by atoms with E-state index in [0.29, 0.717) is 15.8 Å². The van der Waals surface area contributed by atoms with Crippen LogP contribution in [-0.2, 0) is 0 Å². The molecule has 0 heterocycles. The van der Waals surface area contributed by atoms with Crippen molar-refractivity contribution in [1.29, 1.82) is 0 Å². The van der Waals surface area contributed by atoms with E-state index in [2.05, 4.69) is 13.8 Å². The van der Waals surface area contributed by atoms with Crippen LogP contribution in [0.5, 0.6) is 0 Å². The number of rotatable bonds is 34. The molecular weight excluding hydrogens is 507 g/mol. The van der Waals surface area contributed by atoms with Gasteiger partial charge in [0.25, 0.3) is 0 Å². The molecule has 1 radical (unpaired) electrons. The molecule has 0 amide bonds. The van der Waals surface area contributed by atoms with Gasteiger partial charge >= 0.3 is 167 Å². The van der Waals surface area contributed by atoms with E-state index in [1.54, 1.807) is 10.4 Å². The Bertz CT molecular complexity index is 332. The van der Waals surface area contributed by atoms with Crippen LogP contribution in [0.25, 0.3) is 0 Å². The van der Waals surface area contributed by atoms with E-state index >= 15 is 0 Å². The van der Waals surface area contributed by atoms with E-state index in [9.17, 15) is 0 Å². The average Bonchev–Trinajstić information content (AvgIpc) is 2.91. The monoisotopic (exact) mass is 582 g/mol. The summed E-state index contributed by atoms with van der Waals surface area (Å²) in [5, 5.41) is 3.18. The number of hydrogen-bond donors (Lipinski definition) is 0. The Hall–Kier alpha value is 0.558. The van der Waals surface area contributed by atoms with Crippen LogP contribution < -0.4 is 0 Å². The quantitative estimate of drug-likeness (QED) is 0.0524. The molecule has 0 aliphatic rings. The first kappa shape index (κ1) is 37.6. The zero-order valence-electron chi connectivity index (χ0n) is 26.5. The van der Waals surface area contributed by atoms with Crippen molar-refractivity contribution < 1.29 is 0 Å². The summed E-state index contributed by atoms with van der Waals surface area (Å²) in [5.41, 5.74) is 0. The normalized spacial score (nSPS) is 11.5. The van der Waals surface area contributed by atoms with Crippen LogP contribution in [0, 0.1) is 0 Å². The maximum atomic E-state index is 2.31. The summed E-state index contributed by atoms with van der Waals surface area (Å²) in [4.78, 5) is 0. The molecule has 0 atom stereocenters. The molecule has 0 fully saturated rings. The molecule has 37 heavy (non-hydrogen) atoms. The third-order valence-corrected chi connectivity index (χ3v) is 11.0. The Labute approximate surface area is 244 Å². The second-order valence-corrected chi connectivity index (χ2v) is 15.1. The van der Waals surface area contributed by atoms with Gasteiger partial charge in [0.1, 0.15) is 0 Å². The molecule has 0 aromatic carbocycles. The smallest absolute Gasteiger partial charge is 0.0654 e. The summed E-state index contributed by atoms with van der Waals surface area (Å²) in [6, 6.07) is 0. The van der Waals surface area contributed by atoms with Gasteiger partial charge in [-0.15, -0.1) is 0 Å². The Morgan fingerprint density at radius 2 is 0.378 bits per heavy atom. The molecule has 0 saturated carbocycles. The minimum Gasteiger partial charge on any atom is -0.0654 e. The van der Waals surface area contributed by atoms with Crippen LogP contribution in [0.1, 0.15) is 219 Å². The van der Waals surface area contributed by atoms with Gasteiger partial charge in [-0.2, -0.15) is 0 Å². The fourth-order valence-corrected chi connectivity index (χ4v) is 8.00. The predicted molar refractivity (Wildman–Crippen MR) is 174 cm³/mol. The molecule has 0 unspecified atom stereocenters. The van der Waals surface area contributed by atoms with E-state index in [0.717, 1.165) is 0 Å². The number of unbranched alkanes of at least 4 members (excludes halogenated alkanes) is 30. The van der Waals surface area contributed by atoms with Crippen molar-refractivity contribution >= 4 is 15.8 Å². The van der Waals surface area contributed by atoms with Gasteiger partial charge in [-0.25, -0.2) is 0 Å². The molecule has 223 valence electrons. The van der Waals surface area contributed by atoms with Crippen LogP contribution in [0.2, 0.25) is 10.4 Å². The Morgan fingerprint density at radius 1 is 0.216 bits per heavy atom. The first-order valence-electron chi connectivity index (χ1n) is 18.0. The minimum atomic E-state index is 0.677. The first-order valence-corrected chi connectivity index (χ1v) is 20.7. The molecule has 0 nitrogen and oxygen atoms in total. The SMILES string of the molecule is CCCCCCCCCCCCCCCCCC[As]CCCCCCCCCCCCCCCCCC. The van der Waals surface area contributed by atoms with Crippen molar-refractivity contribution in [2.75, 3.05) is 0 Å². The van der Waals surface area contributed by atoms with Crippen LogP contribution >= 0.6 is 0 Å². The van der Waals surface area contributed by atoms with Crippen molar-refractivity contribution in [3.63, 3.8) is 0 Å². The number of hydrogen-bond acceptors (Lipinski definition) is 0. The Morgan fingerprint density at radius 3 is 0.568 bits per heavy atom. The van der Waals surface area contributed by atoms with E-state index in [1.807, 2.05) is 0 Å². The molecule has 0 aromatic rings. The van der Waals surface area contributed by atoms with Gasteiger partial charge in [0.15, 0.2) is 0 Å². The van der Waals surface area contributed by atoms with Crippen molar-refractivity contribution in [2.45, 2.75) is 230 Å². The minimum absolute atomic E-state index is 0.677. The molecule has 0 saturated heterocycles. The third-order valence-electron chi connectivity index (χ3n) is 8.34. The van der Waals surface area contributed by atoms with Crippen LogP contribution in [0.3, 0.4) is 0 Å². The summed E-state index contributed by atoms with van der Waals surface area (Å²) in [6.45, 7) is 4.62. The molecule has 0 aromatic heterocycles. The summed E-state index contributed by atoms with van der Waals surface area (Å²) >= 11 is 0.677. The zero-order valence-corrected chi connectivity index (χ0v) is 28.4. The summed E-state index contributed by atoms with van der Waals surface area (Å²) in [7, 11) is 0. The predicted octanol–water partition coefficient (Wildman–Crippen LogP) is 14.1. The van der Waals surface area contributed by atoms with Crippen LogP contribution in [-0.4, -0.2) is 15.8 Å². The third kappa shape index (κ3) is 36.6. The molecular formula is C36H74As. The molecule has 0 N–H and O–H groups in total.